The summed E-state index contributed by atoms with van der Waals surface area (Å²) in [4.78, 5) is 11.0. The lowest BCUT2D eigenvalue weighted by Crippen LogP contribution is -2.17. The number of hydrogen-bond acceptors (Lipinski definition) is 5. The molecule has 1 aromatic rings. The van der Waals surface area contributed by atoms with Crippen molar-refractivity contribution in [1.29, 1.82) is 0 Å². The summed E-state index contributed by atoms with van der Waals surface area (Å²) in [5, 5.41) is 22.1. The number of rotatable bonds is 4. The fourth-order valence-electron chi connectivity index (χ4n) is 2.44. The number of carboxylic acids is 1. The van der Waals surface area contributed by atoms with Crippen molar-refractivity contribution in [3.05, 3.63) is 16.7 Å². The summed E-state index contributed by atoms with van der Waals surface area (Å²) in [5.74, 6) is -0.722. The molecule has 0 radical (unpaired) electrons. The largest absolute Gasteiger partial charge is 0.506 e. The number of carboxylic acid groups (broad SMARTS) is 1. The average Bonchev–Trinajstić information content (AvgIpc) is 2.90. The van der Waals surface area contributed by atoms with Crippen LogP contribution in [-0.4, -0.2) is 36.9 Å². The molecule has 110 valence electrons. The molecule has 2 unspecified atom stereocenters. The van der Waals surface area contributed by atoms with Gasteiger partial charge >= 0.3 is 5.97 Å². The first-order valence-corrected chi connectivity index (χ1v) is 6.46. The van der Waals surface area contributed by atoms with E-state index >= 15 is 0 Å². The molecule has 7 heteroatoms. The summed E-state index contributed by atoms with van der Waals surface area (Å²) in [7, 11) is 2.93. The van der Waals surface area contributed by atoms with E-state index in [4.69, 9.17) is 26.2 Å². The van der Waals surface area contributed by atoms with Crippen LogP contribution < -0.4 is 14.8 Å². The van der Waals surface area contributed by atoms with Crippen LogP contribution in [0.2, 0.25) is 5.02 Å². The van der Waals surface area contributed by atoms with Gasteiger partial charge in [-0.3, -0.25) is 4.79 Å². The lowest BCUT2D eigenvalue weighted by molar-refractivity contribution is -0.141. The van der Waals surface area contributed by atoms with Crippen LogP contribution in [0.15, 0.2) is 6.07 Å². The molecule has 0 bridgehead atoms. The van der Waals surface area contributed by atoms with E-state index < -0.39 is 11.9 Å². The summed E-state index contributed by atoms with van der Waals surface area (Å²) in [6.07, 6.45) is 0.373. The smallest absolute Gasteiger partial charge is 0.307 e. The molecule has 0 amide bonds. The molecule has 1 aliphatic rings. The number of methoxy groups -OCH3 is 2. The van der Waals surface area contributed by atoms with Gasteiger partial charge in [-0.05, 0) is 6.42 Å². The Balaban J connectivity index is 2.45. The van der Waals surface area contributed by atoms with Gasteiger partial charge in [0.1, 0.15) is 5.75 Å². The number of phenols is 1. The zero-order chi connectivity index (χ0) is 14.9. The van der Waals surface area contributed by atoms with Crippen molar-refractivity contribution in [2.45, 2.75) is 12.5 Å². The first-order chi connectivity index (χ1) is 9.49. The molecule has 2 rings (SSSR count). The molecule has 0 spiro atoms. The molecule has 0 aliphatic carbocycles. The Hall–Kier alpha value is -1.66. The third-order valence-electron chi connectivity index (χ3n) is 3.45. The van der Waals surface area contributed by atoms with Crippen molar-refractivity contribution in [2.24, 2.45) is 5.92 Å². The van der Waals surface area contributed by atoms with Crippen LogP contribution in [0.4, 0.5) is 0 Å². The maximum absolute atomic E-state index is 11.0. The van der Waals surface area contributed by atoms with Gasteiger partial charge in [0.25, 0.3) is 0 Å². The third kappa shape index (κ3) is 2.48. The van der Waals surface area contributed by atoms with Gasteiger partial charge in [0.05, 0.1) is 25.2 Å². The maximum atomic E-state index is 11.0. The number of aliphatic carboxylic acids is 1. The van der Waals surface area contributed by atoms with E-state index in [9.17, 15) is 9.90 Å². The highest BCUT2D eigenvalue weighted by molar-refractivity contribution is 6.33. The number of benzene rings is 1. The van der Waals surface area contributed by atoms with Crippen LogP contribution in [0.5, 0.6) is 17.2 Å². The van der Waals surface area contributed by atoms with Crippen molar-refractivity contribution in [3.63, 3.8) is 0 Å². The minimum Gasteiger partial charge on any atom is -0.506 e. The molecule has 1 saturated heterocycles. The first kappa shape index (κ1) is 14.7. The van der Waals surface area contributed by atoms with Gasteiger partial charge in [0.15, 0.2) is 11.5 Å². The van der Waals surface area contributed by atoms with E-state index in [0.29, 0.717) is 30.0 Å². The van der Waals surface area contributed by atoms with E-state index in [1.807, 2.05) is 0 Å². The van der Waals surface area contributed by atoms with Crippen molar-refractivity contribution in [3.8, 4) is 17.2 Å². The number of carbonyl (C=O) groups is 1. The molecule has 2 atom stereocenters. The maximum Gasteiger partial charge on any atom is 0.307 e. The molecular weight excluding hydrogens is 286 g/mol. The summed E-state index contributed by atoms with van der Waals surface area (Å²) >= 11 is 6.14. The van der Waals surface area contributed by atoms with Crippen molar-refractivity contribution in [1.82, 2.24) is 5.32 Å². The van der Waals surface area contributed by atoms with Crippen LogP contribution in [0.3, 0.4) is 0 Å². The molecular formula is C13H16ClNO5. The fourth-order valence-corrected chi connectivity index (χ4v) is 2.71. The van der Waals surface area contributed by atoms with Gasteiger partial charge in [-0.1, -0.05) is 11.6 Å². The van der Waals surface area contributed by atoms with E-state index in [1.165, 1.54) is 20.3 Å². The molecule has 1 aromatic carbocycles. The average molecular weight is 302 g/mol. The first-order valence-electron chi connectivity index (χ1n) is 6.09. The van der Waals surface area contributed by atoms with Gasteiger partial charge in [0, 0.05) is 24.2 Å². The Kier molecular flexibility index (Phi) is 4.25. The van der Waals surface area contributed by atoms with Gasteiger partial charge in [-0.15, -0.1) is 0 Å². The second-order valence-corrected chi connectivity index (χ2v) is 4.97. The molecule has 1 fully saturated rings. The van der Waals surface area contributed by atoms with Gasteiger partial charge in [-0.2, -0.15) is 0 Å². The van der Waals surface area contributed by atoms with Crippen LogP contribution in [0.25, 0.3) is 0 Å². The normalized spacial score (nSPS) is 21.8. The molecule has 1 heterocycles. The number of nitrogens with one attached hydrogen (secondary N) is 1. The molecule has 1 aliphatic heterocycles. The summed E-state index contributed by atoms with van der Waals surface area (Å²) in [6, 6.07) is 1.06. The van der Waals surface area contributed by atoms with Crippen LogP contribution in [0, 0.1) is 5.92 Å². The second kappa shape index (κ2) is 5.76. The predicted molar refractivity (Wildman–Crippen MR) is 72.7 cm³/mol. The zero-order valence-corrected chi connectivity index (χ0v) is 11.9. The van der Waals surface area contributed by atoms with Crippen LogP contribution in [0.1, 0.15) is 18.0 Å². The second-order valence-electron chi connectivity index (χ2n) is 4.59. The minimum absolute atomic E-state index is 0.125. The van der Waals surface area contributed by atoms with E-state index in [1.54, 1.807) is 0 Å². The molecule has 20 heavy (non-hydrogen) atoms. The lowest BCUT2D eigenvalue weighted by Gasteiger charge is -2.20. The molecule has 6 nitrogen and oxygen atoms in total. The van der Waals surface area contributed by atoms with Gasteiger partial charge < -0.3 is 25.0 Å². The Bertz CT molecular complexity index is 534. The Morgan fingerprint density at radius 1 is 1.45 bits per heavy atom. The van der Waals surface area contributed by atoms with Crippen LogP contribution >= 0.6 is 11.6 Å². The quantitative estimate of drug-likeness (QED) is 0.786. The number of hydrogen-bond donors (Lipinski definition) is 3. The fraction of sp³-hybridized carbons (Fsp3) is 0.462. The van der Waals surface area contributed by atoms with E-state index in [-0.39, 0.29) is 16.8 Å². The van der Waals surface area contributed by atoms with Crippen molar-refractivity contribution in [2.75, 3.05) is 20.8 Å². The summed E-state index contributed by atoms with van der Waals surface area (Å²) in [6.45, 7) is 0.345. The van der Waals surface area contributed by atoms with Crippen molar-refractivity contribution < 1.29 is 24.5 Å². The van der Waals surface area contributed by atoms with Gasteiger partial charge in [0.2, 0.25) is 0 Å². The molecule has 0 saturated carbocycles. The highest BCUT2D eigenvalue weighted by atomic mass is 35.5. The number of halogens is 1. The summed E-state index contributed by atoms with van der Waals surface area (Å²) < 4.78 is 10.5. The predicted octanol–water partition coefficient (Wildman–Crippen LogP) is 1.80. The van der Waals surface area contributed by atoms with E-state index in [0.717, 1.165) is 0 Å². The van der Waals surface area contributed by atoms with Crippen LogP contribution in [-0.2, 0) is 4.79 Å². The standard InChI is InChI=1S/C13H16ClNO5/c1-19-9-4-8(16)11(14)10(12(9)20-2)7-3-6(5-15-7)13(17)18/h4,6-7,15-16H,3,5H2,1-2H3,(H,17,18). The molecule has 0 aromatic heterocycles. The Morgan fingerprint density at radius 2 is 2.15 bits per heavy atom. The van der Waals surface area contributed by atoms with Crippen molar-refractivity contribution >= 4 is 17.6 Å². The summed E-state index contributed by atoms with van der Waals surface area (Å²) in [5.41, 5.74) is 0.523. The zero-order valence-electron chi connectivity index (χ0n) is 11.1. The number of ether oxygens (including phenoxy) is 2. The highest BCUT2D eigenvalue weighted by Gasteiger charge is 2.34. The number of aromatic hydroxyl groups is 1. The topological polar surface area (TPSA) is 88.0 Å². The van der Waals surface area contributed by atoms with Gasteiger partial charge in [-0.25, -0.2) is 0 Å². The highest BCUT2D eigenvalue weighted by Crippen LogP contribution is 2.47. The Morgan fingerprint density at radius 3 is 2.65 bits per heavy atom. The monoisotopic (exact) mass is 301 g/mol. The molecule has 3 N–H and O–H groups in total. The SMILES string of the molecule is COc1cc(O)c(Cl)c(C2CC(C(=O)O)CN2)c1OC. The lowest BCUT2D eigenvalue weighted by atomic mass is 9.98. The number of phenolic OH excluding ortho intramolecular Hbond substituents is 1. The third-order valence-corrected chi connectivity index (χ3v) is 3.85. The van der Waals surface area contributed by atoms with E-state index in [2.05, 4.69) is 5.32 Å². The minimum atomic E-state index is -0.859. The Labute approximate surface area is 121 Å².